The fourth-order valence-corrected chi connectivity index (χ4v) is 2.33. The first kappa shape index (κ1) is 17.3. The van der Waals surface area contributed by atoms with E-state index in [4.69, 9.17) is 18.9 Å². The summed E-state index contributed by atoms with van der Waals surface area (Å²) in [6.45, 7) is 0. The summed E-state index contributed by atoms with van der Waals surface area (Å²) in [5, 5.41) is 0. The van der Waals surface area contributed by atoms with Gasteiger partial charge in [0.2, 0.25) is 0 Å². The molecule has 0 saturated carbocycles. The third-order valence-corrected chi connectivity index (χ3v) is 3.53. The molecule has 0 N–H and O–H groups in total. The molecule has 0 aromatic heterocycles. The van der Waals surface area contributed by atoms with Crippen molar-refractivity contribution < 1.29 is 28.5 Å². The number of hydrogen-bond donors (Lipinski definition) is 0. The maximum absolute atomic E-state index is 11.8. The van der Waals surface area contributed by atoms with Gasteiger partial charge in [-0.05, 0) is 36.4 Å². The van der Waals surface area contributed by atoms with E-state index in [0.29, 0.717) is 33.8 Å². The van der Waals surface area contributed by atoms with Crippen LogP contribution in [0.25, 0.3) is 11.1 Å². The number of rotatable bonds is 5. The highest BCUT2D eigenvalue weighted by Crippen LogP contribution is 2.37. The summed E-state index contributed by atoms with van der Waals surface area (Å²) < 4.78 is 20.2. The Morgan fingerprint density at radius 3 is 1.33 bits per heavy atom. The van der Waals surface area contributed by atoms with Gasteiger partial charge in [0.1, 0.15) is 11.5 Å². The maximum Gasteiger partial charge on any atom is 0.337 e. The third-order valence-electron chi connectivity index (χ3n) is 3.53. The molecule has 0 fully saturated rings. The molecule has 24 heavy (non-hydrogen) atoms. The summed E-state index contributed by atoms with van der Waals surface area (Å²) in [5.41, 5.74) is 1.92. The van der Waals surface area contributed by atoms with E-state index >= 15 is 0 Å². The molecule has 0 unspecified atom stereocenters. The first-order chi connectivity index (χ1) is 11.5. The maximum atomic E-state index is 11.8. The summed E-state index contributed by atoms with van der Waals surface area (Å²) >= 11 is 0. The fourth-order valence-electron chi connectivity index (χ4n) is 2.33. The van der Waals surface area contributed by atoms with Crippen LogP contribution in [0, 0.1) is 0 Å². The van der Waals surface area contributed by atoms with Gasteiger partial charge < -0.3 is 18.9 Å². The molecule has 0 atom stereocenters. The van der Waals surface area contributed by atoms with Gasteiger partial charge in [-0.15, -0.1) is 0 Å². The molecule has 0 bridgehead atoms. The van der Waals surface area contributed by atoms with Crippen molar-refractivity contribution in [3.8, 4) is 22.6 Å². The number of hydrogen-bond acceptors (Lipinski definition) is 6. The number of carbonyl (C=O) groups is 2. The van der Waals surface area contributed by atoms with Crippen molar-refractivity contribution in [1.29, 1.82) is 0 Å². The van der Waals surface area contributed by atoms with Crippen molar-refractivity contribution in [1.82, 2.24) is 0 Å². The van der Waals surface area contributed by atoms with Gasteiger partial charge in [0, 0.05) is 11.1 Å². The van der Waals surface area contributed by atoms with Gasteiger partial charge in [-0.3, -0.25) is 0 Å². The van der Waals surface area contributed by atoms with Crippen molar-refractivity contribution >= 4 is 11.9 Å². The van der Waals surface area contributed by atoms with E-state index < -0.39 is 11.9 Å². The standard InChI is InChI=1S/C18H18O6/c1-21-15-7-5-11(17(19)23-3)9-13(15)14-10-12(18(20)24-4)6-8-16(14)22-2/h5-10H,1-4H3. The molecule has 0 radical (unpaired) electrons. The minimum atomic E-state index is -0.470. The smallest absolute Gasteiger partial charge is 0.337 e. The number of ether oxygens (including phenoxy) is 4. The van der Waals surface area contributed by atoms with Crippen LogP contribution in [0.15, 0.2) is 36.4 Å². The molecule has 0 spiro atoms. The second-order valence-corrected chi connectivity index (χ2v) is 4.81. The molecular formula is C18H18O6. The van der Waals surface area contributed by atoms with Crippen molar-refractivity contribution in [2.45, 2.75) is 0 Å². The third kappa shape index (κ3) is 3.32. The lowest BCUT2D eigenvalue weighted by atomic mass is 9.98. The topological polar surface area (TPSA) is 71.1 Å². The molecule has 0 aliphatic rings. The van der Waals surface area contributed by atoms with Crippen molar-refractivity contribution in [3.63, 3.8) is 0 Å². The fraction of sp³-hybridized carbons (Fsp3) is 0.222. The van der Waals surface area contributed by atoms with E-state index in [-0.39, 0.29) is 0 Å². The quantitative estimate of drug-likeness (QED) is 0.785. The highest BCUT2D eigenvalue weighted by atomic mass is 16.5. The van der Waals surface area contributed by atoms with Gasteiger partial charge in [0.05, 0.1) is 39.6 Å². The largest absolute Gasteiger partial charge is 0.496 e. The van der Waals surface area contributed by atoms with Gasteiger partial charge in [0.15, 0.2) is 0 Å². The molecule has 2 aromatic carbocycles. The second kappa shape index (κ2) is 7.50. The molecule has 126 valence electrons. The van der Waals surface area contributed by atoms with Crippen molar-refractivity contribution in [3.05, 3.63) is 47.5 Å². The highest BCUT2D eigenvalue weighted by Gasteiger charge is 2.17. The van der Waals surface area contributed by atoms with Gasteiger partial charge in [-0.1, -0.05) is 0 Å². The van der Waals surface area contributed by atoms with Crippen LogP contribution in [0.5, 0.6) is 11.5 Å². The van der Waals surface area contributed by atoms with Crippen LogP contribution in [0.2, 0.25) is 0 Å². The summed E-state index contributed by atoms with van der Waals surface area (Å²) in [6, 6.07) is 9.78. The van der Waals surface area contributed by atoms with Crippen LogP contribution in [-0.2, 0) is 9.47 Å². The lowest BCUT2D eigenvalue weighted by Crippen LogP contribution is -2.04. The Morgan fingerprint density at radius 1 is 0.667 bits per heavy atom. The minimum Gasteiger partial charge on any atom is -0.496 e. The van der Waals surface area contributed by atoms with E-state index in [1.165, 1.54) is 28.4 Å². The van der Waals surface area contributed by atoms with E-state index in [1.807, 2.05) is 0 Å². The highest BCUT2D eigenvalue weighted by molar-refractivity contribution is 5.95. The average Bonchev–Trinajstić information content (AvgIpc) is 2.65. The van der Waals surface area contributed by atoms with Gasteiger partial charge in [0.25, 0.3) is 0 Å². The number of benzene rings is 2. The average molecular weight is 330 g/mol. The molecule has 0 saturated heterocycles. The zero-order chi connectivity index (χ0) is 17.7. The lowest BCUT2D eigenvalue weighted by molar-refractivity contribution is 0.0591. The zero-order valence-electron chi connectivity index (χ0n) is 13.9. The van der Waals surface area contributed by atoms with E-state index in [0.717, 1.165) is 0 Å². The summed E-state index contributed by atoms with van der Waals surface area (Å²) in [5.74, 6) is 0.120. The molecule has 6 heteroatoms. The summed E-state index contributed by atoms with van der Waals surface area (Å²) in [6.07, 6.45) is 0. The van der Waals surface area contributed by atoms with E-state index in [2.05, 4.69) is 0 Å². The molecule has 6 nitrogen and oxygen atoms in total. The lowest BCUT2D eigenvalue weighted by Gasteiger charge is -2.14. The first-order valence-corrected chi connectivity index (χ1v) is 7.08. The Morgan fingerprint density at radius 2 is 1.04 bits per heavy atom. The number of methoxy groups -OCH3 is 4. The zero-order valence-corrected chi connectivity index (χ0v) is 13.9. The number of carbonyl (C=O) groups excluding carboxylic acids is 2. The molecule has 0 aliphatic carbocycles. The predicted octanol–water partition coefficient (Wildman–Crippen LogP) is 2.94. The first-order valence-electron chi connectivity index (χ1n) is 7.08. The van der Waals surface area contributed by atoms with Crippen LogP contribution >= 0.6 is 0 Å². The Kier molecular flexibility index (Phi) is 5.42. The monoisotopic (exact) mass is 330 g/mol. The Labute approximate surface area is 139 Å². The van der Waals surface area contributed by atoms with Crippen LogP contribution in [-0.4, -0.2) is 40.4 Å². The van der Waals surface area contributed by atoms with Gasteiger partial charge in [-0.2, -0.15) is 0 Å². The molecule has 2 rings (SSSR count). The predicted molar refractivity (Wildman–Crippen MR) is 87.7 cm³/mol. The Bertz CT molecular complexity index is 701. The molecule has 0 amide bonds. The summed E-state index contributed by atoms with van der Waals surface area (Å²) in [7, 11) is 5.66. The van der Waals surface area contributed by atoms with Gasteiger partial charge >= 0.3 is 11.9 Å². The van der Waals surface area contributed by atoms with Gasteiger partial charge in [-0.25, -0.2) is 9.59 Å². The van der Waals surface area contributed by atoms with E-state index in [1.54, 1.807) is 36.4 Å². The van der Waals surface area contributed by atoms with Crippen LogP contribution in [0.1, 0.15) is 20.7 Å². The normalized spacial score (nSPS) is 10.0. The molecular weight excluding hydrogens is 312 g/mol. The second-order valence-electron chi connectivity index (χ2n) is 4.81. The van der Waals surface area contributed by atoms with Crippen molar-refractivity contribution in [2.24, 2.45) is 0 Å². The molecule has 0 aliphatic heterocycles. The Balaban J connectivity index is 2.68. The molecule has 2 aromatic rings. The van der Waals surface area contributed by atoms with Crippen LogP contribution < -0.4 is 9.47 Å². The number of esters is 2. The van der Waals surface area contributed by atoms with Crippen LogP contribution in [0.3, 0.4) is 0 Å². The SMILES string of the molecule is COC(=O)c1ccc(OC)c(-c2cc(C(=O)OC)ccc2OC)c1. The molecule has 0 heterocycles. The van der Waals surface area contributed by atoms with Crippen molar-refractivity contribution in [2.75, 3.05) is 28.4 Å². The van der Waals surface area contributed by atoms with Crippen LogP contribution in [0.4, 0.5) is 0 Å². The summed E-state index contributed by atoms with van der Waals surface area (Å²) in [4.78, 5) is 23.6. The minimum absolute atomic E-state index is 0.360. The van der Waals surface area contributed by atoms with E-state index in [9.17, 15) is 9.59 Å². The Hall–Kier alpha value is -3.02.